The third kappa shape index (κ3) is 20.9. The van der Waals surface area contributed by atoms with Crippen molar-refractivity contribution in [2.24, 2.45) is 21.7 Å². The van der Waals surface area contributed by atoms with E-state index in [2.05, 4.69) is 31.1 Å². The molecule has 1 atom stereocenters. The molecule has 0 aromatic carbocycles. The van der Waals surface area contributed by atoms with E-state index in [-0.39, 0.29) is 29.8 Å². The first kappa shape index (κ1) is 52.6. The van der Waals surface area contributed by atoms with Crippen LogP contribution in [0.25, 0.3) is 0 Å². The Balaban J connectivity index is -0.000000776. The first-order valence-corrected chi connectivity index (χ1v) is 19.9. The maximum Gasteiger partial charge on any atom is 0.395 e. The molecule has 0 saturated carbocycles. The highest BCUT2D eigenvalue weighted by Gasteiger charge is 2.47. The summed E-state index contributed by atoms with van der Waals surface area (Å²) < 4.78 is 45.9. The summed E-state index contributed by atoms with van der Waals surface area (Å²) >= 11 is 12.6. The van der Waals surface area contributed by atoms with Crippen molar-refractivity contribution in [3.8, 4) is 0 Å². The van der Waals surface area contributed by atoms with Crippen LogP contribution in [0.5, 0.6) is 0 Å². The largest absolute Gasteiger partial charge is 0.481 e. The minimum atomic E-state index is -4.29. The summed E-state index contributed by atoms with van der Waals surface area (Å²) in [6.07, 6.45) is -0.926. The zero-order valence-electron chi connectivity index (χ0n) is 33.1. The molecule has 0 spiro atoms. The number of aldehydes is 1. The number of nitrogens with zero attached hydrogens (tertiary/aromatic N) is 2. The lowest BCUT2D eigenvalue weighted by Gasteiger charge is -2.35. The van der Waals surface area contributed by atoms with Gasteiger partial charge in [-0.2, -0.15) is 13.2 Å². The topological polar surface area (TPSA) is 118 Å². The molecule has 0 aliphatic heterocycles. The van der Waals surface area contributed by atoms with E-state index >= 15 is 0 Å². The Kier molecular flexibility index (Phi) is 23.5. The molecule has 1 heterocycles. The third-order valence-electron chi connectivity index (χ3n) is 7.40. The van der Waals surface area contributed by atoms with E-state index < -0.39 is 37.4 Å². The van der Waals surface area contributed by atoms with Gasteiger partial charge in [-0.1, -0.05) is 85.5 Å². The summed E-state index contributed by atoms with van der Waals surface area (Å²) in [7, 11) is 1.04. The molecule has 0 aliphatic carbocycles. The first-order valence-electron chi connectivity index (χ1n) is 16.6. The number of amides is 1. The number of nitrogens with one attached hydrogen (secondary N) is 1. The van der Waals surface area contributed by atoms with Crippen LogP contribution in [0.15, 0.2) is 12.4 Å². The molecule has 50 heavy (non-hydrogen) atoms. The van der Waals surface area contributed by atoms with Gasteiger partial charge in [-0.3, -0.25) is 19.4 Å². The van der Waals surface area contributed by atoms with Gasteiger partial charge in [0, 0.05) is 48.9 Å². The number of halogens is 5. The Hall–Kier alpha value is -1.77. The van der Waals surface area contributed by atoms with Gasteiger partial charge in [0.15, 0.2) is 8.32 Å². The lowest BCUT2D eigenvalue weighted by Crippen LogP contribution is -2.44. The van der Waals surface area contributed by atoms with Crippen LogP contribution in [-0.2, 0) is 23.6 Å². The van der Waals surface area contributed by atoms with E-state index in [1.807, 2.05) is 41.5 Å². The fourth-order valence-corrected chi connectivity index (χ4v) is 6.82. The van der Waals surface area contributed by atoms with Gasteiger partial charge in [0.2, 0.25) is 0 Å². The Bertz CT molecular complexity index is 1140. The van der Waals surface area contributed by atoms with E-state index in [9.17, 15) is 27.6 Å². The third-order valence-corrected chi connectivity index (χ3v) is 12.7. The van der Waals surface area contributed by atoms with E-state index in [0.29, 0.717) is 15.6 Å². The summed E-state index contributed by atoms with van der Waals surface area (Å²) in [4.78, 5) is 39.7. The van der Waals surface area contributed by atoms with Gasteiger partial charge in [0.05, 0.1) is 34.1 Å². The number of pyridine rings is 1. The molecule has 1 amide bonds. The van der Waals surface area contributed by atoms with Crippen molar-refractivity contribution >= 4 is 49.7 Å². The van der Waals surface area contributed by atoms with Crippen molar-refractivity contribution in [2.75, 3.05) is 27.2 Å². The lowest BCUT2D eigenvalue weighted by molar-refractivity contribution is -0.209. The number of carbonyl (C=O) groups excluding carboxylic acids is 2. The molecule has 0 fully saturated rings. The Morgan fingerprint density at radius 2 is 1.30 bits per heavy atom. The maximum absolute atomic E-state index is 13.1. The van der Waals surface area contributed by atoms with E-state index in [1.165, 1.54) is 38.4 Å². The van der Waals surface area contributed by atoms with Crippen molar-refractivity contribution in [3.05, 3.63) is 28.0 Å². The van der Waals surface area contributed by atoms with Crippen molar-refractivity contribution < 1.29 is 41.9 Å². The summed E-state index contributed by atoms with van der Waals surface area (Å²) in [5, 5.41) is 13.1. The zero-order valence-corrected chi connectivity index (χ0v) is 35.6. The number of hydroxylamine groups is 2. The standard InChI is InChI=1S/C18H29Cl2F3N2OSi.C7H15NO2.C5H10O2.C5H10O/c1-6-27(7-2,8-3)26-15(16-13(19)9-24-10-14(16)20)11-25-12-17(4,5)18(21,22)23;1-7(2,3)6(9)8(4)10-5;1-5(2,3)4(6)7;1-5(2,3)4-6/h9-10,15,25H,6-8,11-12H2,1-5H3;1-5H3;1-3H3,(H,6,7);4H,1-3H3. The van der Waals surface area contributed by atoms with Gasteiger partial charge < -0.3 is 19.6 Å². The second kappa shape index (κ2) is 22.3. The van der Waals surface area contributed by atoms with Crippen LogP contribution in [0.2, 0.25) is 28.2 Å². The number of alkyl halides is 3. The SMILES string of the molecule is CC(C)(C)C(=O)O.CC(C)(C)C=O.CC[Si](CC)(CC)OC(CNCC(C)(C)C(F)(F)F)c1c(Cl)cncc1Cl.CON(C)C(=O)C(C)(C)C. The van der Waals surface area contributed by atoms with E-state index in [1.54, 1.807) is 27.8 Å². The first-order chi connectivity index (χ1) is 22.3. The fourth-order valence-electron chi connectivity index (χ4n) is 3.40. The average molecular weight is 779 g/mol. The molecule has 0 saturated heterocycles. The quantitative estimate of drug-likeness (QED) is 0.130. The maximum atomic E-state index is 13.1. The average Bonchev–Trinajstić information content (AvgIpc) is 2.97. The molecule has 1 aromatic heterocycles. The molecular formula is C35H64Cl2F3N3O6Si. The summed E-state index contributed by atoms with van der Waals surface area (Å²) in [6.45, 7) is 24.7. The number of aromatic nitrogens is 1. The predicted molar refractivity (Wildman–Crippen MR) is 200 cm³/mol. The van der Waals surface area contributed by atoms with Crippen LogP contribution in [0.1, 0.15) is 109 Å². The van der Waals surface area contributed by atoms with Crippen molar-refractivity contribution in [1.82, 2.24) is 15.4 Å². The van der Waals surface area contributed by atoms with Crippen molar-refractivity contribution in [3.63, 3.8) is 0 Å². The molecule has 15 heteroatoms. The molecular weight excluding hydrogens is 714 g/mol. The second-order valence-corrected chi connectivity index (χ2v) is 21.2. The fraction of sp³-hybridized carbons (Fsp3) is 0.771. The van der Waals surface area contributed by atoms with Crippen LogP contribution in [0, 0.1) is 21.7 Å². The van der Waals surface area contributed by atoms with Crippen molar-refractivity contribution in [2.45, 2.75) is 127 Å². The molecule has 2 N–H and O–H groups in total. The molecule has 1 rings (SSSR count). The molecule has 294 valence electrons. The number of aliphatic carboxylic acids is 1. The molecule has 1 aromatic rings. The van der Waals surface area contributed by atoms with Gasteiger partial charge in [-0.15, -0.1) is 0 Å². The van der Waals surface area contributed by atoms with Gasteiger partial charge in [-0.05, 0) is 52.8 Å². The van der Waals surface area contributed by atoms with Crippen LogP contribution < -0.4 is 5.32 Å². The van der Waals surface area contributed by atoms with Crippen molar-refractivity contribution in [1.29, 1.82) is 0 Å². The van der Waals surface area contributed by atoms with Crippen LogP contribution >= 0.6 is 23.2 Å². The van der Waals surface area contributed by atoms with E-state index in [4.69, 9.17) is 37.6 Å². The van der Waals surface area contributed by atoms with Crippen LogP contribution in [-0.4, -0.2) is 75.1 Å². The minimum Gasteiger partial charge on any atom is -0.481 e. The number of rotatable bonds is 11. The van der Waals surface area contributed by atoms with Crippen LogP contribution in [0.4, 0.5) is 13.2 Å². The minimum absolute atomic E-state index is 0.0185. The molecule has 0 bridgehead atoms. The van der Waals surface area contributed by atoms with Gasteiger partial charge in [0.1, 0.15) is 6.29 Å². The summed E-state index contributed by atoms with van der Waals surface area (Å²) in [5.41, 5.74) is -2.35. The van der Waals surface area contributed by atoms with Crippen LogP contribution in [0.3, 0.4) is 0 Å². The molecule has 1 unspecified atom stereocenters. The summed E-state index contributed by atoms with van der Waals surface area (Å²) in [6, 6.07) is 2.72. The smallest absolute Gasteiger partial charge is 0.395 e. The van der Waals surface area contributed by atoms with E-state index in [0.717, 1.165) is 24.4 Å². The monoisotopic (exact) mass is 777 g/mol. The predicted octanol–water partition coefficient (Wildman–Crippen LogP) is 10.0. The Labute approximate surface area is 310 Å². The molecule has 0 radical (unpaired) electrons. The highest BCUT2D eigenvalue weighted by molar-refractivity contribution is 6.73. The Morgan fingerprint density at radius 1 is 0.920 bits per heavy atom. The molecule has 0 aliphatic rings. The van der Waals surface area contributed by atoms with Gasteiger partial charge >= 0.3 is 12.1 Å². The van der Waals surface area contributed by atoms with Gasteiger partial charge in [-0.25, -0.2) is 5.06 Å². The Morgan fingerprint density at radius 3 is 1.54 bits per heavy atom. The normalized spacial score (nSPS) is 13.0. The number of carboxylic acid groups (broad SMARTS) is 1. The highest BCUT2D eigenvalue weighted by atomic mass is 35.5. The number of hydrogen-bond donors (Lipinski definition) is 2. The number of carboxylic acids is 1. The summed E-state index contributed by atoms with van der Waals surface area (Å²) in [5.74, 6) is -0.775. The van der Waals surface area contributed by atoms with Gasteiger partial charge in [0.25, 0.3) is 5.91 Å². The highest BCUT2D eigenvalue weighted by Crippen LogP contribution is 2.38. The number of hydrogen-bond acceptors (Lipinski definition) is 7. The zero-order chi connectivity index (χ0) is 40.5. The number of carbonyl (C=O) groups is 3. The lowest BCUT2D eigenvalue weighted by atomic mass is 9.92. The molecule has 9 nitrogen and oxygen atoms in total. The second-order valence-electron chi connectivity index (χ2n) is 15.7.